The van der Waals surface area contributed by atoms with Gasteiger partial charge in [-0.25, -0.2) is 14.4 Å². The van der Waals surface area contributed by atoms with Crippen LogP contribution in [0.15, 0.2) is 67.7 Å². The second-order valence-corrected chi connectivity index (χ2v) is 16.4. The molecule has 2 aromatic rings. The van der Waals surface area contributed by atoms with Gasteiger partial charge < -0.3 is 47.4 Å². The molecule has 2 unspecified atom stereocenters. The molecule has 4 aliphatic heterocycles. The number of ether oxygens (including phenoxy) is 10. The summed E-state index contributed by atoms with van der Waals surface area (Å²) in [6, 6.07) is 0.226. The molecule has 0 saturated carbocycles. The number of cyclic esters (lactones) is 2. The van der Waals surface area contributed by atoms with Gasteiger partial charge in [-0.15, -0.1) is 0 Å². The highest BCUT2D eigenvalue weighted by Gasteiger charge is 2.48. The first-order chi connectivity index (χ1) is 33.6. The van der Waals surface area contributed by atoms with E-state index in [2.05, 4.69) is 36.6 Å². The summed E-state index contributed by atoms with van der Waals surface area (Å²) in [5, 5.41) is 3.17. The Morgan fingerprint density at radius 1 is 0.686 bits per heavy atom. The fraction of sp³-hybridized carbons (Fsp3) is 0.460. The lowest BCUT2D eigenvalue weighted by Crippen LogP contribution is -2.59. The molecule has 70 heavy (non-hydrogen) atoms. The lowest BCUT2D eigenvalue weighted by atomic mass is 9.83. The number of methoxy groups -OCH3 is 2. The minimum absolute atomic E-state index is 0.000677. The first-order valence-electron chi connectivity index (χ1n) is 22.5. The normalized spacial score (nSPS) is 21.1. The summed E-state index contributed by atoms with van der Waals surface area (Å²) in [7, 11) is 3.08. The van der Waals surface area contributed by atoms with Crippen molar-refractivity contribution < 1.29 is 76.1 Å². The minimum atomic E-state index is -0.768. The molecule has 0 spiro atoms. The Balaban J connectivity index is 0.000000261. The molecule has 1 N–H and O–H groups in total. The third kappa shape index (κ3) is 12.6. The quantitative estimate of drug-likeness (QED) is 0.118. The van der Waals surface area contributed by atoms with E-state index < -0.39 is 66.3 Å². The molecule has 4 heterocycles. The van der Waals surface area contributed by atoms with E-state index in [0.29, 0.717) is 47.0 Å². The number of carbonyl (C=O) groups is 6. The predicted octanol–water partition coefficient (Wildman–Crippen LogP) is 4.96. The summed E-state index contributed by atoms with van der Waals surface area (Å²) in [5.74, 6) is 0.0463. The van der Waals surface area contributed by atoms with Crippen molar-refractivity contribution in [2.45, 2.75) is 76.8 Å². The van der Waals surface area contributed by atoms with Gasteiger partial charge in [0.15, 0.2) is 23.0 Å². The molecule has 0 aliphatic carbocycles. The lowest BCUT2D eigenvalue weighted by molar-refractivity contribution is -0.149. The second kappa shape index (κ2) is 25.3. The van der Waals surface area contributed by atoms with E-state index in [4.69, 9.17) is 47.4 Å². The summed E-state index contributed by atoms with van der Waals surface area (Å²) in [5.41, 5.74) is 4.81. The smallest absolute Gasteiger partial charge is 0.411 e. The summed E-state index contributed by atoms with van der Waals surface area (Å²) < 4.78 is 55.5. The average molecular weight is 975 g/mol. The molecule has 4 aliphatic rings. The molecule has 0 aromatic heterocycles. The van der Waals surface area contributed by atoms with Crippen LogP contribution in [0.1, 0.15) is 59.3 Å². The first kappa shape index (κ1) is 53.6. The van der Waals surface area contributed by atoms with Crippen LogP contribution < -0.4 is 24.3 Å². The molecule has 0 radical (unpaired) electrons. The molecular formula is C50H62N4O16. The number of hydrogen-bond acceptors (Lipinski definition) is 18. The summed E-state index contributed by atoms with van der Waals surface area (Å²) in [6.45, 7) is 21.3. The van der Waals surface area contributed by atoms with Gasteiger partial charge >= 0.3 is 36.1 Å². The van der Waals surface area contributed by atoms with Gasteiger partial charge in [0, 0.05) is 25.0 Å². The molecule has 20 heteroatoms. The van der Waals surface area contributed by atoms with Crippen LogP contribution >= 0.6 is 0 Å². The predicted molar refractivity (Wildman–Crippen MR) is 253 cm³/mol. The Morgan fingerprint density at radius 2 is 1.16 bits per heavy atom. The summed E-state index contributed by atoms with van der Waals surface area (Å²) in [4.78, 5) is 80.8. The van der Waals surface area contributed by atoms with Gasteiger partial charge in [-0.05, 0) is 48.9 Å². The van der Waals surface area contributed by atoms with Gasteiger partial charge in [-0.1, -0.05) is 62.8 Å². The highest BCUT2D eigenvalue weighted by atomic mass is 16.6. The van der Waals surface area contributed by atoms with Crippen molar-refractivity contribution in [3.63, 3.8) is 0 Å². The molecule has 6 atom stereocenters. The monoisotopic (exact) mass is 974 g/mol. The van der Waals surface area contributed by atoms with E-state index in [1.54, 1.807) is 19.3 Å². The Morgan fingerprint density at radius 3 is 1.56 bits per heavy atom. The number of fused-ring (bicyclic) bond motifs is 2. The number of benzene rings is 2. The zero-order valence-electron chi connectivity index (χ0n) is 40.5. The number of morpholine rings is 1. The average Bonchev–Trinajstić information content (AvgIpc) is 3.34. The van der Waals surface area contributed by atoms with Gasteiger partial charge in [0.1, 0.15) is 65.1 Å². The van der Waals surface area contributed by atoms with Crippen molar-refractivity contribution in [2.24, 2.45) is 4.99 Å². The molecule has 2 aromatic carbocycles. The van der Waals surface area contributed by atoms with Crippen LogP contribution in [0.4, 0.5) is 9.59 Å². The summed E-state index contributed by atoms with van der Waals surface area (Å²) >= 11 is 0. The number of carbonyl (C=O) groups excluding carboxylic acids is 6. The van der Waals surface area contributed by atoms with Crippen LogP contribution in [0.2, 0.25) is 0 Å². The maximum absolute atomic E-state index is 13.4. The number of aryl methyl sites for hydroxylation is 2. The van der Waals surface area contributed by atoms with E-state index in [1.807, 2.05) is 26.0 Å². The lowest BCUT2D eigenvalue weighted by Gasteiger charge is -2.46. The van der Waals surface area contributed by atoms with Crippen molar-refractivity contribution >= 4 is 42.3 Å². The van der Waals surface area contributed by atoms with Crippen LogP contribution in [-0.2, 0) is 60.4 Å². The Bertz CT molecular complexity index is 2340. The molecule has 2 amide bonds. The number of esters is 4. The topological polar surface area (TPSA) is 226 Å². The SMILES string of the molecule is C=CCOC(=O)N1[C@H](COC(C)=O)Cc2cc(C)c(OC)c(OCC=C)c2[C@@H]1C1COC(=O)C=N1.C=CCOC(=O)N1[C@H](COC(C)=O)Cc2cc(C)c(OC)c(OCC=C)c2[C@@H]1C1COC(=O)CN1. The van der Waals surface area contributed by atoms with Crippen LogP contribution in [0.3, 0.4) is 0 Å². The Labute approximate surface area is 407 Å². The molecule has 378 valence electrons. The standard InChI is InChI=1S/C25H32N2O8.C25H30N2O8/c2*1-6-8-32-24-21-17(10-15(3)23(24)31-5)11-18(13-34-16(4)28)27(25(30)33-9-7-2)22(21)19-14-35-20(29)12-26-19/h6-7,10,18-19,22,26H,1-2,8-9,11-14H2,3-5H3;6-7,10,12,18-19,22H,1-2,8-9,11,13-14H2,3-5H3/t2*18-,19?,22-/m00/s1. The minimum Gasteiger partial charge on any atom is -0.493 e. The third-order valence-corrected chi connectivity index (χ3v) is 11.6. The summed E-state index contributed by atoms with van der Waals surface area (Å²) in [6.07, 6.45) is 6.70. The Hall–Kier alpha value is -7.35. The Kier molecular flexibility index (Phi) is 19.4. The van der Waals surface area contributed by atoms with Gasteiger partial charge in [-0.2, -0.15) is 0 Å². The fourth-order valence-electron chi connectivity index (χ4n) is 8.91. The van der Waals surface area contributed by atoms with Gasteiger partial charge in [0.05, 0.1) is 51.0 Å². The third-order valence-electron chi connectivity index (χ3n) is 11.6. The fourth-order valence-corrected chi connectivity index (χ4v) is 8.91. The van der Waals surface area contributed by atoms with Crippen LogP contribution in [0.25, 0.3) is 0 Å². The molecular weight excluding hydrogens is 913 g/mol. The highest BCUT2D eigenvalue weighted by molar-refractivity contribution is 6.23. The van der Waals surface area contributed by atoms with E-state index >= 15 is 0 Å². The highest BCUT2D eigenvalue weighted by Crippen LogP contribution is 2.49. The van der Waals surface area contributed by atoms with E-state index in [0.717, 1.165) is 28.5 Å². The van der Waals surface area contributed by atoms with Gasteiger partial charge in [-0.3, -0.25) is 34.5 Å². The number of nitrogens with zero attached hydrogens (tertiary/aromatic N) is 3. The number of amides is 2. The van der Waals surface area contributed by atoms with E-state index in [9.17, 15) is 28.8 Å². The van der Waals surface area contributed by atoms with E-state index in [1.165, 1.54) is 42.9 Å². The van der Waals surface area contributed by atoms with Crippen LogP contribution in [0.5, 0.6) is 23.0 Å². The largest absolute Gasteiger partial charge is 0.493 e. The van der Waals surface area contributed by atoms with Crippen molar-refractivity contribution in [3.8, 4) is 23.0 Å². The van der Waals surface area contributed by atoms with Gasteiger partial charge in [0.2, 0.25) is 0 Å². The van der Waals surface area contributed by atoms with Crippen LogP contribution in [-0.4, -0.2) is 150 Å². The number of nitrogens with one attached hydrogen (secondary N) is 1. The molecule has 20 nitrogen and oxygen atoms in total. The van der Waals surface area contributed by atoms with E-state index in [-0.39, 0.29) is 65.4 Å². The zero-order chi connectivity index (χ0) is 51.1. The van der Waals surface area contributed by atoms with Gasteiger partial charge in [0.25, 0.3) is 0 Å². The van der Waals surface area contributed by atoms with Crippen molar-refractivity contribution in [2.75, 3.05) is 73.6 Å². The first-order valence-corrected chi connectivity index (χ1v) is 22.5. The molecule has 1 saturated heterocycles. The van der Waals surface area contributed by atoms with Crippen molar-refractivity contribution in [1.29, 1.82) is 0 Å². The second-order valence-electron chi connectivity index (χ2n) is 16.4. The van der Waals surface area contributed by atoms with Crippen LogP contribution in [0, 0.1) is 13.8 Å². The number of hydrogen-bond donors (Lipinski definition) is 1. The molecule has 0 bridgehead atoms. The number of aliphatic imine (C=N–C) groups is 1. The molecule has 1 fully saturated rings. The van der Waals surface area contributed by atoms with Crippen molar-refractivity contribution in [1.82, 2.24) is 15.1 Å². The maximum atomic E-state index is 13.4. The van der Waals surface area contributed by atoms with Crippen molar-refractivity contribution in [3.05, 3.63) is 96.1 Å². The maximum Gasteiger partial charge on any atom is 0.411 e. The zero-order valence-corrected chi connectivity index (χ0v) is 40.5. The number of rotatable bonds is 18. The molecule has 6 rings (SSSR count).